The largest absolute Gasteiger partial charge is 0.495 e. The van der Waals surface area contributed by atoms with Crippen molar-refractivity contribution >= 4 is 50.7 Å². The molecule has 0 fully saturated rings. The molecular formula is C30H35Cl2N3O5S. The molecule has 1 atom stereocenters. The minimum Gasteiger partial charge on any atom is -0.495 e. The molecule has 41 heavy (non-hydrogen) atoms. The molecule has 3 rings (SSSR count). The summed E-state index contributed by atoms with van der Waals surface area (Å²) in [6, 6.07) is 15.3. The van der Waals surface area contributed by atoms with Gasteiger partial charge in [0.25, 0.3) is 10.0 Å². The molecule has 220 valence electrons. The molecule has 0 aliphatic rings. The van der Waals surface area contributed by atoms with Crippen molar-refractivity contribution in [3.8, 4) is 5.75 Å². The van der Waals surface area contributed by atoms with Gasteiger partial charge in [-0.25, -0.2) is 8.42 Å². The van der Waals surface area contributed by atoms with E-state index in [-0.39, 0.29) is 34.8 Å². The second-order valence-electron chi connectivity index (χ2n) is 10.1. The molecule has 0 saturated heterocycles. The van der Waals surface area contributed by atoms with Crippen LogP contribution in [0.4, 0.5) is 5.69 Å². The number of anilines is 1. The number of nitrogens with zero attached hydrogens (tertiary/aromatic N) is 2. The maximum absolute atomic E-state index is 14.1. The number of aryl methyl sites for hydroxylation is 2. The molecule has 0 aliphatic heterocycles. The number of ether oxygens (including phenoxy) is 1. The van der Waals surface area contributed by atoms with Gasteiger partial charge in [-0.15, -0.1) is 0 Å². The number of carbonyl (C=O) groups excluding carboxylic acids is 2. The lowest BCUT2D eigenvalue weighted by molar-refractivity contribution is -0.139. The lowest BCUT2D eigenvalue weighted by Crippen LogP contribution is -2.52. The summed E-state index contributed by atoms with van der Waals surface area (Å²) in [6.07, 6.45) is 0. The quantitative estimate of drug-likeness (QED) is 0.294. The Morgan fingerprint density at radius 3 is 2.12 bits per heavy atom. The third kappa shape index (κ3) is 7.93. The molecule has 11 heteroatoms. The number of amides is 2. The monoisotopic (exact) mass is 619 g/mol. The highest BCUT2D eigenvalue weighted by molar-refractivity contribution is 7.92. The topological polar surface area (TPSA) is 96.0 Å². The maximum atomic E-state index is 14.1. The molecule has 1 N–H and O–H groups in total. The van der Waals surface area contributed by atoms with E-state index in [1.165, 1.54) is 24.1 Å². The van der Waals surface area contributed by atoms with Crippen molar-refractivity contribution in [1.29, 1.82) is 0 Å². The van der Waals surface area contributed by atoms with Crippen LogP contribution in [0.5, 0.6) is 5.75 Å². The van der Waals surface area contributed by atoms with Gasteiger partial charge in [-0.05, 0) is 82.1 Å². The van der Waals surface area contributed by atoms with E-state index in [2.05, 4.69) is 5.32 Å². The second-order valence-corrected chi connectivity index (χ2v) is 12.8. The average molecular weight is 621 g/mol. The van der Waals surface area contributed by atoms with Gasteiger partial charge in [0.2, 0.25) is 11.8 Å². The fraction of sp³-hybridized carbons (Fsp3) is 0.333. The van der Waals surface area contributed by atoms with E-state index in [9.17, 15) is 18.0 Å². The van der Waals surface area contributed by atoms with Gasteiger partial charge in [0.15, 0.2) is 0 Å². The zero-order chi connectivity index (χ0) is 30.5. The zero-order valence-corrected chi connectivity index (χ0v) is 26.3. The van der Waals surface area contributed by atoms with Crippen molar-refractivity contribution in [2.75, 3.05) is 18.0 Å². The second kappa shape index (κ2) is 13.6. The number of sulfonamides is 1. The van der Waals surface area contributed by atoms with Crippen molar-refractivity contribution < 1.29 is 22.7 Å². The molecule has 0 heterocycles. The zero-order valence-electron chi connectivity index (χ0n) is 23.9. The average Bonchev–Trinajstić information content (AvgIpc) is 2.91. The van der Waals surface area contributed by atoms with Gasteiger partial charge in [-0.1, -0.05) is 53.0 Å². The van der Waals surface area contributed by atoms with Crippen LogP contribution in [-0.4, -0.2) is 50.9 Å². The number of hydrogen-bond donors (Lipinski definition) is 1. The summed E-state index contributed by atoms with van der Waals surface area (Å²) in [5.41, 5.74) is 2.49. The van der Waals surface area contributed by atoms with Gasteiger partial charge in [-0.2, -0.15) is 0 Å². The first-order valence-corrected chi connectivity index (χ1v) is 15.2. The highest BCUT2D eigenvalue weighted by atomic mass is 35.5. The smallest absolute Gasteiger partial charge is 0.264 e. The van der Waals surface area contributed by atoms with E-state index in [0.717, 1.165) is 15.4 Å². The lowest BCUT2D eigenvalue weighted by atomic mass is 10.1. The van der Waals surface area contributed by atoms with Gasteiger partial charge >= 0.3 is 0 Å². The predicted molar refractivity (Wildman–Crippen MR) is 163 cm³/mol. The van der Waals surface area contributed by atoms with E-state index < -0.39 is 28.5 Å². The van der Waals surface area contributed by atoms with E-state index >= 15 is 0 Å². The number of nitrogens with one attached hydrogen (secondary N) is 1. The summed E-state index contributed by atoms with van der Waals surface area (Å²) < 4.78 is 34.6. The number of benzene rings is 3. The van der Waals surface area contributed by atoms with Crippen molar-refractivity contribution in [2.45, 2.75) is 58.1 Å². The van der Waals surface area contributed by atoms with Crippen LogP contribution in [0.15, 0.2) is 65.6 Å². The van der Waals surface area contributed by atoms with Crippen molar-refractivity contribution in [3.63, 3.8) is 0 Å². The van der Waals surface area contributed by atoms with Gasteiger partial charge in [0.1, 0.15) is 18.3 Å². The maximum Gasteiger partial charge on any atom is 0.264 e. The first-order valence-electron chi connectivity index (χ1n) is 13.0. The van der Waals surface area contributed by atoms with Gasteiger partial charge in [0.05, 0.1) is 27.7 Å². The molecule has 8 nitrogen and oxygen atoms in total. The molecule has 0 saturated carbocycles. The summed E-state index contributed by atoms with van der Waals surface area (Å²) in [7, 11) is -2.80. The fourth-order valence-electron chi connectivity index (χ4n) is 4.17. The van der Waals surface area contributed by atoms with Gasteiger partial charge in [0, 0.05) is 12.6 Å². The van der Waals surface area contributed by atoms with Crippen LogP contribution in [0.3, 0.4) is 0 Å². The van der Waals surface area contributed by atoms with E-state index in [1.54, 1.807) is 55.5 Å². The molecule has 0 bridgehead atoms. The summed E-state index contributed by atoms with van der Waals surface area (Å²) >= 11 is 12.3. The van der Waals surface area contributed by atoms with Gasteiger partial charge in [-0.3, -0.25) is 13.9 Å². The van der Waals surface area contributed by atoms with Crippen molar-refractivity contribution in [3.05, 3.63) is 87.4 Å². The van der Waals surface area contributed by atoms with E-state index in [1.807, 2.05) is 27.7 Å². The Morgan fingerprint density at radius 2 is 1.54 bits per heavy atom. The SMILES string of the molecule is COc1ccc(C)cc1N(CC(=O)N(Cc1ccc(Cl)c(Cl)c1)[C@H](C)C(=O)NC(C)C)S(=O)(=O)c1ccc(C)cc1. The highest BCUT2D eigenvalue weighted by Gasteiger charge is 2.34. The van der Waals surface area contributed by atoms with E-state index in [0.29, 0.717) is 15.6 Å². The highest BCUT2D eigenvalue weighted by Crippen LogP contribution is 2.34. The van der Waals surface area contributed by atoms with Crippen molar-refractivity contribution in [2.24, 2.45) is 0 Å². The van der Waals surface area contributed by atoms with Crippen molar-refractivity contribution in [1.82, 2.24) is 10.2 Å². The van der Waals surface area contributed by atoms with Crippen LogP contribution in [0.2, 0.25) is 10.0 Å². The van der Waals surface area contributed by atoms with Crippen LogP contribution < -0.4 is 14.4 Å². The van der Waals surface area contributed by atoms with Crippen LogP contribution in [-0.2, 0) is 26.2 Å². The minimum absolute atomic E-state index is 0.00816. The number of carbonyl (C=O) groups is 2. The number of rotatable bonds is 11. The third-order valence-corrected chi connectivity index (χ3v) is 8.94. The fourth-order valence-corrected chi connectivity index (χ4v) is 5.91. The first-order chi connectivity index (χ1) is 19.2. The number of methoxy groups -OCH3 is 1. The molecular weight excluding hydrogens is 585 g/mol. The lowest BCUT2D eigenvalue weighted by Gasteiger charge is -2.32. The third-order valence-electron chi connectivity index (χ3n) is 6.43. The molecule has 2 amide bonds. The Kier molecular flexibility index (Phi) is 10.7. The molecule has 0 spiro atoms. The Balaban J connectivity index is 2.11. The molecule has 3 aromatic carbocycles. The summed E-state index contributed by atoms with van der Waals surface area (Å²) in [6.45, 7) is 8.30. The molecule has 0 unspecified atom stereocenters. The molecule has 0 aromatic heterocycles. The normalized spacial score (nSPS) is 12.1. The van der Waals surface area contributed by atoms with Crippen LogP contribution in [0.1, 0.15) is 37.5 Å². The van der Waals surface area contributed by atoms with Gasteiger partial charge < -0.3 is 15.0 Å². The Labute approximate surface area is 252 Å². The number of hydrogen-bond acceptors (Lipinski definition) is 5. The molecule has 0 aliphatic carbocycles. The minimum atomic E-state index is -4.23. The Hall–Kier alpha value is -3.27. The van der Waals surface area contributed by atoms with Crippen LogP contribution >= 0.6 is 23.2 Å². The van der Waals surface area contributed by atoms with E-state index in [4.69, 9.17) is 27.9 Å². The Morgan fingerprint density at radius 1 is 0.902 bits per heavy atom. The van der Waals surface area contributed by atoms with Crippen LogP contribution in [0, 0.1) is 13.8 Å². The van der Waals surface area contributed by atoms with Crippen LogP contribution in [0.25, 0.3) is 0 Å². The Bertz CT molecular complexity index is 1510. The number of halogens is 2. The predicted octanol–water partition coefficient (Wildman–Crippen LogP) is 5.76. The first kappa shape index (κ1) is 32.2. The summed E-state index contributed by atoms with van der Waals surface area (Å²) in [5, 5.41) is 3.47. The summed E-state index contributed by atoms with van der Waals surface area (Å²) in [5.74, 6) is -0.697. The summed E-state index contributed by atoms with van der Waals surface area (Å²) in [4.78, 5) is 28.5. The standard InChI is InChI=1S/C30H35Cl2N3O5S/c1-19(2)33-30(37)22(5)34(17-23-10-13-25(31)26(32)16-23)29(36)18-35(27-15-21(4)9-14-28(27)40-6)41(38,39)24-11-7-20(3)8-12-24/h7-16,19,22H,17-18H2,1-6H3,(H,33,37)/t22-/m1/s1. The molecule has 0 radical (unpaired) electrons. The molecule has 3 aromatic rings.